The number of nitrogens with one attached hydrogen (secondary N) is 2. The Morgan fingerprint density at radius 2 is 1.79 bits per heavy atom. The van der Waals surface area contributed by atoms with Gasteiger partial charge in [0, 0.05) is 41.7 Å². The Bertz CT molecular complexity index is 1160. The molecule has 0 atom stereocenters. The van der Waals surface area contributed by atoms with Crippen molar-refractivity contribution in [3.8, 4) is 5.75 Å². The molecule has 0 radical (unpaired) electrons. The molecule has 2 aliphatic carbocycles. The summed E-state index contributed by atoms with van der Waals surface area (Å²) in [6.45, 7) is -0.258. The fourth-order valence-corrected chi connectivity index (χ4v) is 6.32. The minimum absolute atomic E-state index is 0.0108. The number of H-pyrrole nitrogens is 1. The standard InChI is InChI=1S/C29H39N3O6/c1-38-21-12-13-22-23(18-30-24(22)17-21)27(36)28(37)32(16-8-11-26(34)35)19-25(33)31-29(14-6-3-7-15-29)20-9-4-2-5-10-20/h12-13,17-18,20,30H,2-11,14-16,19H2,1H3,(H,31,33)(H,34,35). The highest BCUT2D eigenvalue weighted by atomic mass is 16.5. The van der Waals surface area contributed by atoms with Crippen molar-refractivity contribution in [3.05, 3.63) is 30.0 Å². The Labute approximate surface area is 223 Å². The minimum Gasteiger partial charge on any atom is -0.497 e. The molecule has 2 aliphatic rings. The molecule has 206 valence electrons. The molecule has 0 spiro atoms. The van der Waals surface area contributed by atoms with E-state index in [0.717, 1.165) is 44.9 Å². The number of aliphatic carboxylic acids is 1. The van der Waals surface area contributed by atoms with E-state index in [-0.39, 0.29) is 42.9 Å². The van der Waals surface area contributed by atoms with Crippen molar-refractivity contribution in [1.82, 2.24) is 15.2 Å². The number of ketones is 1. The molecule has 0 saturated heterocycles. The first-order chi connectivity index (χ1) is 18.3. The molecule has 38 heavy (non-hydrogen) atoms. The smallest absolute Gasteiger partial charge is 0.303 e. The van der Waals surface area contributed by atoms with Crippen LogP contribution in [0.25, 0.3) is 10.9 Å². The fourth-order valence-electron chi connectivity index (χ4n) is 6.32. The van der Waals surface area contributed by atoms with Crippen molar-refractivity contribution >= 4 is 34.5 Å². The lowest BCUT2D eigenvalue weighted by atomic mass is 9.67. The lowest BCUT2D eigenvalue weighted by molar-refractivity contribution is -0.138. The molecule has 2 saturated carbocycles. The average Bonchev–Trinajstić information content (AvgIpc) is 3.35. The summed E-state index contributed by atoms with van der Waals surface area (Å²) in [5.74, 6) is -1.76. The van der Waals surface area contributed by atoms with E-state index in [2.05, 4.69) is 10.3 Å². The first-order valence-corrected chi connectivity index (χ1v) is 13.8. The van der Waals surface area contributed by atoms with Crippen LogP contribution >= 0.6 is 0 Å². The largest absolute Gasteiger partial charge is 0.497 e. The highest BCUT2D eigenvalue weighted by Gasteiger charge is 2.41. The fraction of sp³-hybridized carbons (Fsp3) is 0.586. The Kier molecular flexibility index (Phi) is 9.07. The van der Waals surface area contributed by atoms with Crippen LogP contribution < -0.4 is 10.1 Å². The van der Waals surface area contributed by atoms with Gasteiger partial charge in [0.25, 0.3) is 11.7 Å². The number of carboxylic acid groups (broad SMARTS) is 1. The summed E-state index contributed by atoms with van der Waals surface area (Å²) in [6, 6.07) is 5.16. The molecule has 0 aliphatic heterocycles. The maximum atomic E-state index is 13.4. The molecule has 4 rings (SSSR count). The van der Waals surface area contributed by atoms with Gasteiger partial charge in [-0.05, 0) is 50.2 Å². The zero-order valence-corrected chi connectivity index (χ0v) is 22.2. The van der Waals surface area contributed by atoms with Gasteiger partial charge in [0.15, 0.2) is 0 Å². The van der Waals surface area contributed by atoms with E-state index < -0.39 is 17.7 Å². The third kappa shape index (κ3) is 6.37. The van der Waals surface area contributed by atoms with Gasteiger partial charge in [-0.1, -0.05) is 38.5 Å². The van der Waals surface area contributed by atoms with Crippen LogP contribution in [-0.2, 0) is 14.4 Å². The monoisotopic (exact) mass is 525 g/mol. The molecular weight excluding hydrogens is 486 g/mol. The predicted molar refractivity (Wildman–Crippen MR) is 143 cm³/mol. The van der Waals surface area contributed by atoms with Crippen molar-refractivity contribution in [2.45, 2.75) is 82.6 Å². The predicted octanol–water partition coefficient (Wildman–Crippen LogP) is 4.45. The maximum absolute atomic E-state index is 13.4. The van der Waals surface area contributed by atoms with Crippen LogP contribution in [0.4, 0.5) is 0 Å². The van der Waals surface area contributed by atoms with Gasteiger partial charge in [0.05, 0.1) is 19.2 Å². The van der Waals surface area contributed by atoms with Crippen molar-refractivity contribution in [2.75, 3.05) is 20.2 Å². The van der Waals surface area contributed by atoms with Crippen LogP contribution in [0, 0.1) is 5.92 Å². The van der Waals surface area contributed by atoms with Crippen molar-refractivity contribution < 1.29 is 29.0 Å². The number of fused-ring (bicyclic) bond motifs is 1. The number of Topliss-reactive ketones (excluding diaryl/α,β-unsaturated/α-hetero) is 1. The number of aromatic amines is 1. The molecule has 3 N–H and O–H groups in total. The molecule has 2 aromatic rings. The number of methoxy groups -OCH3 is 1. The first kappa shape index (κ1) is 27.7. The number of carboxylic acids is 1. The molecule has 2 fully saturated rings. The van der Waals surface area contributed by atoms with Gasteiger partial charge in [-0.3, -0.25) is 19.2 Å². The molecule has 9 nitrogen and oxygen atoms in total. The number of carbonyl (C=O) groups excluding carboxylic acids is 3. The summed E-state index contributed by atoms with van der Waals surface area (Å²) in [6.07, 6.45) is 12.5. The Morgan fingerprint density at radius 1 is 1.08 bits per heavy atom. The summed E-state index contributed by atoms with van der Waals surface area (Å²) in [4.78, 5) is 55.4. The second-order valence-corrected chi connectivity index (χ2v) is 10.8. The first-order valence-electron chi connectivity index (χ1n) is 13.8. The van der Waals surface area contributed by atoms with Gasteiger partial charge in [0.2, 0.25) is 5.91 Å². The van der Waals surface area contributed by atoms with Gasteiger partial charge < -0.3 is 25.0 Å². The Morgan fingerprint density at radius 3 is 2.47 bits per heavy atom. The van der Waals surface area contributed by atoms with E-state index >= 15 is 0 Å². The minimum atomic E-state index is -0.989. The van der Waals surface area contributed by atoms with Gasteiger partial charge >= 0.3 is 5.97 Å². The van der Waals surface area contributed by atoms with E-state index in [1.165, 1.54) is 30.4 Å². The quantitative estimate of drug-likeness (QED) is 0.294. The highest BCUT2D eigenvalue weighted by molar-refractivity contribution is 6.45. The second-order valence-electron chi connectivity index (χ2n) is 10.8. The molecular formula is C29H39N3O6. The molecule has 0 unspecified atom stereocenters. The average molecular weight is 526 g/mol. The van der Waals surface area contributed by atoms with Crippen molar-refractivity contribution in [2.24, 2.45) is 5.92 Å². The van der Waals surface area contributed by atoms with Crippen LogP contribution in [0.5, 0.6) is 5.75 Å². The van der Waals surface area contributed by atoms with Crippen LogP contribution in [0.3, 0.4) is 0 Å². The number of ether oxygens (including phenoxy) is 1. The lowest BCUT2D eigenvalue weighted by Gasteiger charge is -2.46. The van der Waals surface area contributed by atoms with E-state index in [4.69, 9.17) is 9.84 Å². The van der Waals surface area contributed by atoms with Crippen molar-refractivity contribution in [1.29, 1.82) is 0 Å². The van der Waals surface area contributed by atoms with Crippen LogP contribution in [-0.4, -0.2) is 64.3 Å². The summed E-state index contributed by atoms with van der Waals surface area (Å²) < 4.78 is 5.23. The molecule has 1 aromatic heterocycles. The number of amides is 2. The van der Waals surface area contributed by atoms with Crippen LogP contribution in [0.15, 0.2) is 24.4 Å². The molecule has 9 heteroatoms. The van der Waals surface area contributed by atoms with Gasteiger partial charge in [-0.15, -0.1) is 0 Å². The second kappa shape index (κ2) is 12.5. The number of hydrogen-bond donors (Lipinski definition) is 3. The van der Waals surface area contributed by atoms with Crippen LogP contribution in [0.1, 0.15) is 87.4 Å². The third-order valence-electron chi connectivity index (χ3n) is 8.29. The normalized spacial score (nSPS) is 17.6. The summed E-state index contributed by atoms with van der Waals surface area (Å²) >= 11 is 0. The Balaban J connectivity index is 1.51. The third-order valence-corrected chi connectivity index (χ3v) is 8.29. The van der Waals surface area contributed by atoms with E-state index in [0.29, 0.717) is 22.6 Å². The lowest BCUT2D eigenvalue weighted by Crippen LogP contribution is -2.57. The number of benzene rings is 1. The SMILES string of the molecule is COc1ccc2c(C(=O)C(=O)N(CCCC(=O)O)CC(=O)NC3(C4CCCCC4)CCCCC3)c[nH]c2c1. The summed E-state index contributed by atoms with van der Waals surface area (Å²) in [5, 5.41) is 13.0. The topological polar surface area (TPSA) is 129 Å². The molecule has 1 heterocycles. The van der Waals surface area contributed by atoms with Gasteiger partial charge in [0.1, 0.15) is 5.75 Å². The summed E-state index contributed by atoms with van der Waals surface area (Å²) in [5.41, 5.74) is 0.607. The number of nitrogens with zero attached hydrogens (tertiary/aromatic N) is 1. The number of hydrogen-bond acceptors (Lipinski definition) is 5. The van der Waals surface area contributed by atoms with E-state index in [1.54, 1.807) is 25.3 Å². The van der Waals surface area contributed by atoms with Crippen molar-refractivity contribution in [3.63, 3.8) is 0 Å². The zero-order chi connectivity index (χ0) is 27.1. The van der Waals surface area contributed by atoms with Crippen LogP contribution in [0.2, 0.25) is 0 Å². The number of carbonyl (C=O) groups is 4. The number of rotatable bonds is 11. The maximum Gasteiger partial charge on any atom is 0.303 e. The van der Waals surface area contributed by atoms with E-state index in [9.17, 15) is 19.2 Å². The van der Waals surface area contributed by atoms with Gasteiger partial charge in [-0.2, -0.15) is 0 Å². The Hall–Kier alpha value is -3.36. The number of aromatic nitrogens is 1. The van der Waals surface area contributed by atoms with E-state index in [1.807, 2.05) is 0 Å². The van der Waals surface area contributed by atoms with Gasteiger partial charge in [-0.25, -0.2) is 0 Å². The summed E-state index contributed by atoms with van der Waals surface area (Å²) in [7, 11) is 1.55. The molecule has 1 aromatic carbocycles. The highest BCUT2D eigenvalue weighted by Crippen LogP contribution is 2.41. The molecule has 2 amide bonds. The molecule has 0 bridgehead atoms. The zero-order valence-electron chi connectivity index (χ0n) is 22.2.